The molecule has 2 aromatic heterocycles. The first-order chi connectivity index (χ1) is 7.34. The second kappa shape index (κ2) is 5.09. The first-order valence-corrected chi connectivity index (χ1v) is 5.70. The lowest BCUT2D eigenvalue weighted by molar-refractivity contribution is 1.05. The van der Waals surface area contributed by atoms with Gasteiger partial charge >= 0.3 is 0 Å². The average Bonchev–Trinajstić information content (AvgIpc) is 2.30. The maximum Gasteiger partial charge on any atom is 0.129 e. The van der Waals surface area contributed by atoms with Crippen molar-refractivity contribution in [2.45, 2.75) is 10.8 Å². The standard InChI is InChI=1S/C10H8ClN3S/c11-9-2-1-8(5-14-9)7-15-10-6-12-3-4-13-10/h1-6H,7H2. The Labute approximate surface area is 96.9 Å². The van der Waals surface area contributed by atoms with Crippen LogP contribution in [0.15, 0.2) is 41.9 Å². The molecule has 2 aromatic rings. The number of pyridine rings is 1. The number of thioether (sulfide) groups is 1. The molecule has 0 aromatic carbocycles. The van der Waals surface area contributed by atoms with Gasteiger partial charge in [-0.05, 0) is 11.6 Å². The van der Waals surface area contributed by atoms with Gasteiger partial charge in [0.25, 0.3) is 0 Å². The summed E-state index contributed by atoms with van der Waals surface area (Å²) in [5.74, 6) is 0.822. The minimum Gasteiger partial charge on any atom is -0.260 e. The van der Waals surface area contributed by atoms with Crippen LogP contribution in [0.25, 0.3) is 0 Å². The highest BCUT2D eigenvalue weighted by Crippen LogP contribution is 2.19. The molecule has 0 spiro atoms. The van der Waals surface area contributed by atoms with E-state index in [2.05, 4.69) is 15.0 Å². The van der Waals surface area contributed by atoms with E-state index in [9.17, 15) is 0 Å². The first-order valence-electron chi connectivity index (χ1n) is 4.34. The van der Waals surface area contributed by atoms with Gasteiger partial charge in [0.15, 0.2) is 0 Å². The van der Waals surface area contributed by atoms with Crippen LogP contribution >= 0.6 is 23.4 Å². The third-order valence-corrected chi connectivity index (χ3v) is 2.92. The van der Waals surface area contributed by atoms with E-state index in [-0.39, 0.29) is 0 Å². The van der Waals surface area contributed by atoms with Crippen molar-refractivity contribution in [1.29, 1.82) is 0 Å². The molecule has 0 radical (unpaired) electrons. The van der Waals surface area contributed by atoms with Crippen LogP contribution in [-0.2, 0) is 5.75 Å². The quantitative estimate of drug-likeness (QED) is 0.608. The average molecular weight is 238 g/mol. The first kappa shape index (κ1) is 10.4. The van der Waals surface area contributed by atoms with Gasteiger partial charge in [0.2, 0.25) is 0 Å². The SMILES string of the molecule is Clc1ccc(CSc2cnccn2)cn1. The summed E-state index contributed by atoms with van der Waals surface area (Å²) >= 11 is 7.31. The number of nitrogens with zero attached hydrogens (tertiary/aromatic N) is 3. The Bertz CT molecular complexity index is 418. The highest BCUT2D eigenvalue weighted by molar-refractivity contribution is 7.98. The molecule has 0 aliphatic rings. The lowest BCUT2D eigenvalue weighted by Crippen LogP contribution is -1.85. The Morgan fingerprint density at radius 2 is 2.07 bits per heavy atom. The largest absolute Gasteiger partial charge is 0.260 e. The molecule has 5 heteroatoms. The van der Waals surface area contributed by atoms with Gasteiger partial charge in [-0.1, -0.05) is 17.7 Å². The fourth-order valence-electron chi connectivity index (χ4n) is 1.01. The smallest absolute Gasteiger partial charge is 0.129 e. The molecule has 3 nitrogen and oxygen atoms in total. The van der Waals surface area contributed by atoms with Crippen molar-refractivity contribution in [3.8, 4) is 0 Å². The summed E-state index contributed by atoms with van der Waals surface area (Å²) < 4.78 is 0. The van der Waals surface area contributed by atoms with Crippen LogP contribution in [-0.4, -0.2) is 15.0 Å². The molecule has 0 atom stereocenters. The third-order valence-electron chi connectivity index (χ3n) is 1.71. The van der Waals surface area contributed by atoms with Gasteiger partial charge < -0.3 is 0 Å². The predicted molar refractivity (Wildman–Crippen MR) is 60.8 cm³/mol. The van der Waals surface area contributed by atoms with E-state index in [1.54, 1.807) is 42.6 Å². The summed E-state index contributed by atoms with van der Waals surface area (Å²) in [6, 6.07) is 3.74. The molecule has 0 N–H and O–H groups in total. The number of hydrogen-bond acceptors (Lipinski definition) is 4. The molecule has 0 unspecified atom stereocenters. The fraction of sp³-hybridized carbons (Fsp3) is 0.100. The van der Waals surface area contributed by atoms with E-state index in [0.717, 1.165) is 16.3 Å². The number of halogens is 1. The van der Waals surface area contributed by atoms with E-state index >= 15 is 0 Å². The Morgan fingerprint density at radius 1 is 1.13 bits per heavy atom. The van der Waals surface area contributed by atoms with Gasteiger partial charge in [-0.2, -0.15) is 0 Å². The lowest BCUT2D eigenvalue weighted by Gasteiger charge is -1.99. The Hall–Kier alpha value is -1.13. The molecule has 0 aliphatic heterocycles. The molecule has 2 rings (SSSR count). The second-order valence-corrected chi connectivity index (χ2v) is 4.20. The number of hydrogen-bond donors (Lipinski definition) is 0. The summed E-state index contributed by atoms with van der Waals surface area (Å²) in [5.41, 5.74) is 1.12. The van der Waals surface area contributed by atoms with Crippen molar-refractivity contribution >= 4 is 23.4 Å². The monoisotopic (exact) mass is 237 g/mol. The summed E-state index contributed by atoms with van der Waals surface area (Å²) in [5, 5.41) is 1.43. The Balaban J connectivity index is 1.96. The van der Waals surface area contributed by atoms with Gasteiger partial charge in [0.05, 0.1) is 6.20 Å². The maximum atomic E-state index is 5.69. The highest BCUT2D eigenvalue weighted by atomic mass is 35.5. The normalized spacial score (nSPS) is 10.2. The zero-order valence-electron chi connectivity index (χ0n) is 7.80. The van der Waals surface area contributed by atoms with Crippen molar-refractivity contribution in [1.82, 2.24) is 15.0 Å². The van der Waals surface area contributed by atoms with E-state index in [1.165, 1.54) is 0 Å². The van der Waals surface area contributed by atoms with E-state index < -0.39 is 0 Å². The van der Waals surface area contributed by atoms with Crippen molar-refractivity contribution in [2.75, 3.05) is 0 Å². The zero-order valence-corrected chi connectivity index (χ0v) is 9.37. The van der Waals surface area contributed by atoms with Crippen LogP contribution < -0.4 is 0 Å². The molecule has 0 aliphatic carbocycles. The molecule has 0 amide bonds. The minimum atomic E-state index is 0.517. The summed E-state index contributed by atoms with van der Waals surface area (Å²) in [6.45, 7) is 0. The van der Waals surface area contributed by atoms with Gasteiger partial charge in [0.1, 0.15) is 10.2 Å². The van der Waals surface area contributed by atoms with Crippen molar-refractivity contribution in [3.63, 3.8) is 0 Å². The molecule has 0 saturated heterocycles. The number of rotatable bonds is 3. The van der Waals surface area contributed by atoms with Crippen LogP contribution in [0.5, 0.6) is 0 Å². The van der Waals surface area contributed by atoms with Crippen molar-refractivity contribution < 1.29 is 0 Å². The van der Waals surface area contributed by atoms with Gasteiger partial charge in [0, 0.05) is 24.3 Å². The highest BCUT2D eigenvalue weighted by Gasteiger charge is 1.97. The van der Waals surface area contributed by atoms with Crippen LogP contribution in [0.2, 0.25) is 5.15 Å². The Kier molecular flexibility index (Phi) is 3.53. The fourth-order valence-corrected chi connectivity index (χ4v) is 1.88. The zero-order chi connectivity index (χ0) is 10.5. The Morgan fingerprint density at radius 3 is 2.73 bits per heavy atom. The van der Waals surface area contributed by atoms with Crippen molar-refractivity contribution in [2.24, 2.45) is 0 Å². The molecule has 0 fully saturated rings. The van der Waals surface area contributed by atoms with Gasteiger partial charge in [-0.3, -0.25) is 4.98 Å². The van der Waals surface area contributed by atoms with Gasteiger partial charge in [-0.15, -0.1) is 11.8 Å². The van der Waals surface area contributed by atoms with Crippen LogP contribution in [0, 0.1) is 0 Å². The second-order valence-electron chi connectivity index (χ2n) is 2.82. The third kappa shape index (κ3) is 3.18. The van der Waals surface area contributed by atoms with E-state index in [4.69, 9.17) is 11.6 Å². The van der Waals surface area contributed by atoms with Gasteiger partial charge in [-0.25, -0.2) is 9.97 Å². The molecule has 76 valence electrons. The minimum absolute atomic E-state index is 0.517. The van der Waals surface area contributed by atoms with Crippen LogP contribution in [0.1, 0.15) is 5.56 Å². The molecule has 2 heterocycles. The van der Waals surface area contributed by atoms with Crippen LogP contribution in [0.3, 0.4) is 0 Å². The molecule has 15 heavy (non-hydrogen) atoms. The van der Waals surface area contributed by atoms with E-state index in [1.807, 2.05) is 6.07 Å². The van der Waals surface area contributed by atoms with Crippen LogP contribution in [0.4, 0.5) is 0 Å². The molecule has 0 saturated carbocycles. The van der Waals surface area contributed by atoms with E-state index in [0.29, 0.717) is 5.15 Å². The maximum absolute atomic E-state index is 5.69. The predicted octanol–water partition coefficient (Wildman–Crippen LogP) is 2.82. The summed E-state index contributed by atoms with van der Waals surface area (Å²) in [4.78, 5) is 12.2. The molecule has 0 bridgehead atoms. The molecular weight excluding hydrogens is 230 g/mol. The van der Waals surface area contributed by atoms with Crippen molar-refractivity contribution in [3.05, 3.63) is 47.6 Å². The summed E-state index contributed by atoms with van der Waals surface area (Å²) in [7, 11) is 0. The lowest BCUT2D eigenvalue weighted by atomic mass is 10.3. The summed E-state index contributed by atoms with van der Waals surface area (Å²) in [6.07, 6.45) is 6.86. The number of aromatic nitrogens is 3. The molecular formula is C10H8ClN3S. The topological polar surface area (TPSA) is 38.7 Å².